The average molecular weight is 188 g/mol. The van der Waals surface area contributed by atoms with Gasteiger partial charge in [0.05, 0.1) is 11.6 Å². The Bertz CT molecular complexity index is 314. The molecular formula is C8H7ClFNO. The van der Waals surface area contributed by atoms with Crippen LogP contribution in [0.2, 0.25) is 0 Å². The first kappa shape index (κ1) is 9.13. The Balaban J connectivity index is 3.09. The molecular weight excluding hydrogens is 181 g/mol. The van der Waals surface area contributed by atoms with Crippen LogP contribution in [0, 0.1) is 12.9 Å². The minimum Gasteiger partial charge on any atom is -0.293 e. The van der Waals surface area contributed by atoms with Crippen LogP contribution in [0.25, 0.3) is 0 Å². The number of aryl methyl sites for hydroxylation is 1. The largest absolute Gasteiger partial charge is 0.293 e. The van der Waals surface area contributed by atoms with Gasteiger partial charge in [0.2, 0.25) is 5.95 Å². The molecule has 0 saturated carbocycles. The average Bonchev–Trinajstić information content (AvgIpc) is 2.03. The lowest BCUT2D eigenvalue weighted by Gasteiger charge is -2.00. The van der Waals surface area contributed by atoms with E-state index >= 15 is 0 Å². The van der Waals surface area contributed by atoms with Crippen molar-refractivity contribution in [3.05, 3.63) is 29.3 Å². The molecule has 64 valence electrons. The van der Waals surface area contributed by atoms with Gasteiger partial charge in [0, 0.05) is 5.56 Å². The molecule has 0 N–H and O–H groups in total. The molecule has 0 aliphatic carbocycles. The fourth-order valence-electron chi connectivity index (χ4n) is 0.897. The highest BCUT2D eigenvalue weighted by Gasteiger charge is 2.08. The highest BCUT2D eigenvalue weighted by atomic mass is 35.5. The van der Waals surface area contributed by atoms with Gasteiger partial charge in [-0.15, -0.1) is 11.6 Å². The third-order valence-corrected chi connectivity index (χ3v) is 1.72. The molecule has 1 heterocycles. The van der Waals surface area contributed by atoms with Gasteiger partial charge in [-0.05, 0) is 19.1 Å². The van der Waals surface area contributed by atoms with E-state index < -0.39 is 5.95 Å². The Hall–Kier alpha value is -0.960. The summed E-state index contributed by atoms with van der Waals surface area (Å²) in [5.74, 6) is -0.922. The summed E-state index contributed by atoms with van der Waals surface area (Å²) in [6, 6.07) is 2.54. The Morgan fingerprint density at radius 3 is 2.83 bits per heavy atom. The second-order valence-electron chi connectivity index (χ2n) is 2.32. The van der Waals surface area contributed by atoms with Crippen molar-refractivity contribution in [3.63, 3.8) is 0 Å². The molecule has 0 aliphatic heterocycles. The van der Waals surface area contributed by atoms with Crippen LogP contribution in [0.5, 0.6) is 0 Å². The second-order valence-corrected chi connectivity index (χ2v) is 2.59. The van der Waals surface area contributed by atoms with E-state index in [9.17, 15) is 9.18 Å². The summed E-state index contributed by atoms with van der Waals surface area (Å²) in [6.07, 6.45) is 0. The van der Waals surface area contributed by atoms with Crippen LogP contribution < -0.4 is 0 Å². The van der Waals surface area contributed by atoms with Crippen LogP contribution >= 0.6 is 11.6 Å². The number of Topliss-reactive ketones (excluding diaryl/α,β-unsaturated/α-hetero) is 1. The third-order valence-electron chi connectivity index (χ3n) is 1.47. The van der Waals surface area contributed by atoms with Gasteiger partial charge in [0.15, 0.2) is 5.78 Å². The summed E-state index contributed by atoms with van der Waals surface area (Å²) in [7, 11) is 0. The molecule has 1 aromatic heterocycles. The van der Waals surface area contributed by atoms with Gasteiger partial charge in [-0.2, -0.15) is 4.39 Å². The number of ketones is 1. The highest BCUT2D eigenvalue weighted by molar-refractivity contribution is 6.30. The van der Waals surface area contributed by atoms with Gasteiger partial charge in [-0.1, -0.05) is 0 Å². The number of pyridine rings is 1. The summed E-state index contributed by atoms with van der Waals surface area (Å²) < 4.78 is 12.5. The maximum Gasteiger partial charge on any atom is 0.213 e. The van der Waals surface area contributed by atoms with Gasteiger partial charge in [-0.25, -0.2) is 4.98 Å². The molecule has 4 heteroatoms. The zero-order valence-corrected chi connectivity index (χ0v) is 7.23. The first-order valence-electron chi connectivity index (χ1n) is 3.37. The molecule has 12 heavy (non-hydrogen) atoms. The van der Waals surface area contributed by atoms with E-state index in [1.54, 1.807) is 6.92 Å². The SMILES string of the molecule is Cc1nc(F)ccc1C(=O)CCl. The third kappa shape index (κ3) is 1.80. The van der Waals surface area contributed by atoms with Crippen LogP contribution in [0.3, 0.4) is 0 Å². The predicted octanol–water partition coefficient (Wildman–Crippen LogP) is 1.95. The Kier molecular flexibility index (Phi) is 2.76. The van der Waals surface area contributed by atoms with E-state index in [-0.39, 0.29) is 11.7 Å². The number of carbonyl (C=O) groups excluding carboxylic acids is 1. The highest BCUT2D eigenvalue weighted by Crippen LogP contribution is 2.07. The molecule has 0 aromatic carbocycles. The smallest absolute Gasteiger partial charge is 0.213 e. The second kappa shape index (κ2) is 3.63. The van der Waals surface area contributed by atoms with Gasteiger partial charge >= 0.3 is 0 Å². The fourth-order valence-corrected chi connectivity index (χ4v) is 1.04. The van der Waals surface area contributed by atoms with Crippen molar-refractivity contribution in [1.29, 1.82) is 0 Å². The quantitative estimate of drug-likeness (QED) is 0.403. The molecule has 1 aromatic rings. The topological polar surface area (TPSA) is 30.0 Å². The lowest BCUT2D eigenvalue weighted by molar-refractivity contribution is 0.102. The molecule has 0 fully saturated rings. The van der Waals surface area contributed by atoms with E-state index in [1.165, 1.54) is 6.07 Å². The van der Waals surface area contributed by atoms with Crippen LogP contribution in [0.1, 0.15) is 16.1 Å². The molecule has 0 saturated heterocycles. The summed E-state index contributed by atoms with van der Waals surface area (Å²) in [6.45, 7) is 1.57. The van der Waals surface area contributed by atoms with Crippen LogP contribution in [-0.4, -0.2) is 16.6 Å². The van der Waals surface area contributed by atoms with Gasteiger partial charge < -0.3 is 0 Å². The molecule has 0 unspecified atom stereocenters. The zero-order valence-electron chi connectivity index (χ0n) is 6.47. The molecule has 0 bridgehead atoms. The minimum absolute atomic E-state index is 0.103. The number of carbonyl (C=O) groups is 1. The van der Waals surface area contributed by atoms with Gasteiger partial charge in [0.1, 0.15) is 0 Å². The van der Waals surface area contributed by atoms with Crippen LogP contribution in [0.15, 0.2) is 12.1 Å². The number of rotatable bonds is 2. The normalized spacial score (nSPS) is 9.92. The minimum atomic E-state index is -0.585. The molecule has 0 amide bonds. The maximum atomic E-state index is 12.5. The van der Waals surface area contributed by atoms with Crippen molar-refractivity contribution in [2.75, 3.05) is 5.88 Å². The van der Waals surface area contributed by atoms with Crippen LogP contribution in [0.4, 0.5) is 4.39 Å². The monoisotopic (exact) mass is 187 g/mol. The van der Waals surface area contributed by atoms with E-state index in [2.05, 4.69) is 4.98 Å². The summed E-state index contributed by atoms with van der Waals surface area (Å²) in [4.78, 5) is 14.5. The maximum absolute atomic E-state index is 12.5. The molecule has 0 atom stereocenters. The van der Waals surface area contributed by atoms with E-state index in [0.717, 1.165) is 6.07 Å². The Labute approximate surface area is 74.4 Å². The van der Waals surface area contributed by atoms with Crippen molar-refractivity contribution in [1.82, 2.24) is 4.98 Å². The number of hydrogen-bond acceptors (Lipinski definition) is 2. The first-order valence-corrected chi connectivity index (χ1v) is 3.91. The number of hydrogen-bond donors (Lipinski definition) is 0. The van der Waals surface area contributed by atoms with Crippen LogP contribution in [-0.2, 0) is 0 Å². The summed E-state index contributed by atoms with van der Waals surface area (Å²) in [5.41, 5.74) is 0.757. The van der Waals surface area contributed by atoms with E-state index in [0.29, 0.717) is 11.3 Å². The first-order chi connectivity index (χ1) is 5.65. The molecule has 1 rings (SSSR count). The number of halogens is 2. The molecule has 0 spiro atoms. The summed E-state index contributed by atoms with van der Waals surface area (Å²) in [5, 5.41) is 0. The Morgan fingerprint density at radius 1 is 1.67 bits per heavy atom. The lowest BCUT2D eigenvalue weighted by atomic mass is 10.1. The Morgan fingerprint density at radius 2 is 2.33 bits per heavy atom. The fraction of sp³-hybridized carbons (Fsp3) is 0.250. The summed E-state index contributed by atoms with van der Waals surface area (Å²) >= 11 is 5.33. The van der Waals surface area contributed by atoms with E-state index in [1.807, 2.05) is 0 Å². The lowest BCUT2D eigenvalue weighted by Crippen LogP contribution is -2.05. The zero-order chi connectivity index (χ0) is 9.14. The van der Waals surface area contributed by atoms with Crippen molar-refractivity contribution >= 4 is 17.4 Å². The van der Waals surface area contributed by atoms with Crippen molar-refractivity contribution in [2.45, 2.75) is 6.92 Å². The van der Waals surface area contributed by atoms with Gasteiger partial charge in [-0.3, -0.25) is 4.79 Å². The number of alkyl halides is 1. The van der Waals surface area contributed by atoms with Crippen molar-refractivity contribution in [3.8, 4) is 0 Å². The van der Waals surface area contributed by atoms with Gasteiger partial charge in [0.25, 0.3) is 0 Å². The molecule has 0 radical (unpaired) electrons. The predicted molar refractivity (Wildman–Crippen MR) is 44.0 cm³/mol. The number of nitrogens with zero attached hydrogens (tertiary/aromatic N) is 1. The van der Waals surface area contributed by atoms with E-state index in [4.69, 9.17) is 11.6 Å². The van der Waals surface area contributed by atoms with Crippen molar-refractivity contribution < 1.29 is 9.18 Å². The van der Waals surface area contributed by atoms with Crippen molar-refractivity contribution in [2.24, 2.45) is 0 Å². The molecule has 0 aliphatic rings. The standard InChI is InChI=1S/C8H7ClFNO/c1-5-6(7(12)4-9)2-3-8(10)11-5/h2-3H,4H2,1H3. The molecule has 2 nitrogen and oxygen atoms in total. The number of aromatic nitrogens is 1.